The van der Waals surface area contributed by atoms with Crippen LogP contribution < -0.4 is 4.74 Å². The van der Waals surface area contributed by atoms with E-state index in [-0.39, 0.29) is 17.5 Å². The number of non-ortho nitro benzene ring substituents is 1. The van der Waals surface area contributed by atoms with Crippen LogP contribution in [0.4, 0.5) is 10.5 Å². The number of hydrogen-bond donors (Lipinski definition) is 2. The zero-order valence-electron chi connectivity index (χ0n) is 18.5. The number of carboxylic acids is 1. The summed E-state index contributed by atoms with van der Waals surface area (Å²) in [5, 5.41) is 30.3. The van der Waals surface area contributed by atoms with Crippen molar-refractivity contribution in [2.45, 2.75) is 42.6 Å². The third-order valence-corrected chi connectivity index (χ3v) is 6.83. The number of aliphatic carboxylic acids is 1. The Kier molecular flexibility index (Phi) is 8.72. The van der Waals surface area contributed by atoms with Gasteiger partial charge in [0.15, 0.2) is 0 Å². The minimum atomic E-state index is -1.23. The van der Waals surface area contributed by atoms with Gasteiger partial charge in [-0.2, -0.15) is 11.8 Å². The van der Waals surface area contributed by atoms with E-state index in [1.807, 2.05) is 24.3 Å². The second kappa shape index (κ2) is 11.7. The first-order chi connectivity index (χ1) is 16.3. The fourth-order valence-corrected chi connectivity index (χ4v) is 4.93. The molecule has 0 radical (unpaired) electrons. The van der Waals surface area contributed by atoms with Gasteiger partial charge in [-0.15, -0.1) is 0 Å². The number of carbonyl (C=O) groups is 2. The van der Waals surface area contributed by atoms with Crippen LogP contribution in [0.1, 0.15) is 24.0 Å². The van der Waals surface area contributed by atoms with Crippen molar-refractivity contribution in [2.75, 3.05) is 13.7 Å². The number of thioether (sulfide) groups is 1. The molecule has 2 N–H and O–H groups in total. The van der Waals surface area contributed by atoms with E-state index in [1.165, 1.54) is 29.2 Å². The van der Waals surface area contributed by atoms with Gasteiger partial charge in [-0.1, -0.05) is 12.1 Å². The molecule has 0 bridgehead atoms. The number of amides is 1. The van der Waals surface area contributed by atoms with Gasteiger partial charge < -0.3 is 24.6 Å². The minimum absolute atomic E-state index is 0.0116. The third-order valence-electron chi connectivity index (χ3n) is 5.52. The SMILES string of the molecule is COc1ccc(CS[C@H]2C[C@@H]([C@H](O)CC(=O)O)N(C(=O)OCc3ccc([N+](=O)[O-])cc3)C2)cc1. The van der Waals surface area contributed by atoms with Gasteiger partial charge in [-0.3, -0.25) is 14.9 Å². The Morgan fingerprint density at radius 2 is 1.82 bits per heavy atom. The van der Waals surface area contributed by atoms with Crippen molar-refractivity contribution in [2.24, 2.45) is 0 Å². The van der Waals surface area contributed by atoms with Gasteiger partial charge in [0.2, 0.25) is 0 Å². The van der Waals surface area contributed by atoms with Gasteiger partial charge >= 0.3 is 12.1 Å². The van der Waals surface area contributed by atoms with Crippen LogP contribution in [0.15, 0.2) is 48.5 Å². The maximum atomic E-state index is 12.8. The molecule has 2 aromatic carbocycles. The predicted octanol–water partition coefficient (Wildman–Crippen LogP) is 3.45. The van der Waals surface area contributed by atoms with Gasteiger partial charge in [-0.25, -0.2) is 4.79 Å². The number of aliphatic hydroxyl groups is 1. The zero-order chi connectivity index (χ0) is 24.7. The smallest absolute Gasteiger partial charge is 0.410 e. The average molecular weight is 491 g/mol. The van der Waals surface area contributed by atoms with Gasteiger partial charge in [-0.05, 0) is 41.8 Å². The van der Waals surface area contributed by atoms with Gasteiger partial charge in [0.1, 0.15) is 12.4 Å². The number of likely N-dealkylation sites (tertiary alicyclic amines) is 1. The van der Waals surface area contributed by atoms with E-state index >= 15 is 0 Å². The summed E-state index contributed by atoms with van der Waals surface area (Å²) < 4.78 is 10.5. The van der Waals surface area contributed by atoms with Crippen LogP contribution in [0.3, 0.4) is 0 Å². The monoisotopic (exact) mass is 490 g/mol. The number of ether oxygens (including phenoxy) is 2. The minimum Gasteiger partial charge on any atom is -0.497 e. The molecule has 0 aliphatic carbocycles. The van der Waals surface area contributed by atoms with Crippen LogP contribution in [0.2, 0.25) is 0 Å². The lowest BCUT2D eigenvalue weighted by atomic mass is 10.1. The zero-order valence-corrected chi connectivity index (χ0v) is 19.3. The Morgan fingerprint density at radius 1 is 1.18 bits per heavy atom. The molecule has 0 spiro atoms. The normalized spacial score (nSPS) is 18.4. The summed E-state index contributed by atoms with van der Waals surface area (Å²) in [6, 6.07) is 12.6. The first-order valence-electron chi connectivity index (χ1n) is 10.6. The summed E-state index contributed by atoms with van der Waals surface area (Å²) in [6.45, 7) is 0.208. The summed E-state index contributed by atoms with van der Waals surface area (Å²) >= 11 is 1.62. The van der Waals surface area contributed by atoms with E-state index in [1.54, 1.807) is 18.9 Å². The molecule has 0 saturated carbocycles. The van der Waals surface area contributed by atoms with Crippen LogP contribution in [0.5, 0.6) is 5.75 Å². The maximum absolute atomic E-state index is 12.8. The molecule has 182 valence electrons. The number of nitro benzene ring substituents is 1. The first-order valence-corrected chi connectivity index (χ1v) is 11.6. The highest BCUT2D eigenvalue weighted by Crippen LogP contribution is 2.33. The fraction of sp³-hybridized carbons (Fsp3) is 0.391. The van der Waals surface area contributed by atoms with E-state index in [0.29, 0.717) is 24.3 Å². The molecule has 2 aromatic rings. The number of nitro groups is 1. The van der Waals surface area contributed by atoms with Crippen LogP contribution >= 0.6 is 11.8 Å². The molecular weight excluding hydrogens is 464 g/mol. The first kappa shape index (κ1) is 25.3. The lowest BCUT2D eigenvalue weighted by Crippen LogP contribution is -2.43. The number of benzene rings is 2. The number of methoxy groups -OCH3 is 1. The van der Waals surface area contributed by atoms with Gasteiger partial charge in [0.25, 0.3) is 5.69 Å². The summed E-state index contributed by atoms with van der Waals surface area (Å²) in [6.07, 6.45) is -1.94. The van der Waals surface area contributed by atoms with Crippen LogP contribution in [0, 0.1) is 10.1 Å². The van der Waals surface area contributed by atoms with Crippen molar-refractivity contribution in [3.63, 3.8) is 0 Å². The average Bonchev–Trinajstić information content (AvgIpc) is 3.26. The molecule has 1 fully saturated rings. The standard InChI is InChI=1S/C23H26N2O8S/c1-32-18-8-4-16(5-9-18)14-34-19-10-20(21(26)11-22(27)28)24(12-19)23(29)33-13-15-2-6-17(7-3-15)25(30)31/h2-9,19-21,26H,10-14H2,1H3,(H,27,28)/t19-,20-,21+/m0/s1. The molecule has 1 heterocycles. The number of nitrogens with zero attached hydrogens (tertiary/aromatic N) is 2. The van der Waals surface area contributed by atoms with Gasteiger partial charge in [0, 0.05) is 29.7 Å². The highest BCUT2D eigenvalue weighted by atomic mass is 32.2. The van der Waals surface area contributed by atoms with Crippen molar-refractivity contribution in [1.29, 1.82) is 0 Å². The van der Waals surface area contributed by atoms with E-state index in [2.05, 4.69) is 0 Å². The van der Waals surface area contributed by atoms with Crippen molar-refractivity contribution in [1.82, 2.24) is 4.90 Å². The largest absolute Gasteiger partial charge is 0.497 e. The molecule has 1 aliphatic rings. The second-order valence-electron chi connectivity index (χ2n) is 7.88. The third kappa shape index (κ3) is 6.84. The molecule has 1 aliphatic heterocycles. The molecular formula is C23H26N2O8S. The van der Waals surface area contributed by atoms with Gasteiger partial charge in [0.05, 0.1) is 30.6 Å². The number of rotatable bonds is 10. The van der Waals surface area contributed by atoms with Crippen molar-refractivity contribution < 1.29 is 34.2 Å². The van der Waals surface area contributed by atoms with Crippen LogP contribution in [-0.4, -0.2) is 63.1 Å². The lowest BCUT2D eigenvalue weighted by molar-refractivity contribution is -0.384. The van der Waals surface area contributed by atoms with Crippen LogP contribution in [-0.2, 0) is 21.9 Å². The number of carbonyl (C=O) groups excluding carboxylic acids is 1. The highest BCUT2D eigenvalue weighted by molar-refractivity contribution is 7.99. The number of hydrogen-bond acceptors (Lipinski definition) is 8. The maximum Gasteiger partial charge on any atom is 0.410 e. The molecule has 0 unspecified atom stereocenters. The molecule has 1 saturated heterocycles. The van der Waals surface area contributed by atoms with Crippen molar-refractivity contribution in [3.8, 4) is 5.75 Å². The molecule has 11 heteroatoms. The van der Waals surface area contributed by atoms with E-state index in [9.17, 15) is 24.8 Å². The lowest BCUT2D eigenvalue weighted by Gasteiger charge is -2.27. The summed E-state index contributed by atoms with van der Waals surface area (Å²) in [5.41, 5.74) is 1.59. The van der Waals surface area contributed by atoms with E-state index in [0.717, 1.165) is 11.3 Å². The molecule has 10 nitrogen and oxygen atoms in total. The summed E-state index contributed by atoms with van der Waals surface area (Å²) in [4.78, 5) is 35.6. The number of carboxylic acid groups (broad SMARTS) is 1. The van der Waals surface area contributed by atoms with E-state index in [4.69, 9.17) is 14.6 Å². The Balaban J connectivity index is 1.62. The topological polar surface area (TPSA) is 139 Å². The molecule has 1 amide bonds. The second-order valence-corrected chi connectivity index (χ2v) is 9.17. The van der Waals surface area contributed by atoms with Crippen molar-refractivity contribution in [3.05, 3.63) is 69.8 Å². The highest BCUT2D eigenvalue weighted by Gasteiger charge is 2.41. The van der Waals surface area contributed by atoms with Crippen molar-refractivity contribution >= 4 is 29.5 Å². The molecule has 3 atom stereocenters. The summed E-state index contributed by atoms with van der Waals surface area (Å²) in [7, 11) is 1.60. The fourth-order valence-electron chi connectivity index (χ4n) is 3.71. The summed E-state index contributed by atoms with van der Waals surface area (Å²) in [5.74, 6) is 0.289. The predicted molar refractivity (Wildman–Crippen MR) is 125 cm³/mol. The molecule has 0 aromatic heterocycles. The Bertz CT molecular complexity index is 999. The number of aliphatic hydroxyl groups excluding tert-OH is 1. The quantitative estimate of drug-likeness (QED) is 0.378. The Hall–Kier alpha value is -3.31. The Labute approximate surface area is 200 Å². The van der Waals surface area contributed by atoms with Crippen LogP contribution in [0.25, 0.3) is 0 Å². The molecule has 3 rings (SSSR count). The Morgan fingerprint density at radius 3 is 2.41 bits per heavy atom. The van der Waals surface area contributed by atoms with E-state index < -0.39 is 35.6 Å². The molecule has 34 heavy (non-hydrogen) atoms.